The molecule has 0 aromatic heterocycles. The maximum absolute atomic E-state index is 14.4. The Balaban J connectivity index is 1.73. The van der Waals surface area contributed by atoms with Gasteiger partial charge in [-0.1, -0.05) is 0 Å². The highest BCUT2D eigenvalue weighted by Gasteiger charge is 2.29. The molecule has 2 heterocycles. The van der Waals surface area contributed by atoms with Crippen LogP contribution in [-0.4, -0.2) is 48.2 Å². The van der Waals surface area contributed by atoms with Crippen LogP contribution in [0.5, 0.6) is 0 Å². The van der Waals surface area contributed by atoms with E-state index in [1.54, 1.807) is 17.0 Å². The minimum atomic E-state index is -0.310. The van der Waals surface area contributed by atoms with Gasteiger partial charge in [0.15, 0.2) is 0 Å². The fourth-order valence-corrected chi connectivity index (χ4v) is 3.76. The largest absolute Gasteiger partial charge is 0.396 e. The van der Waals surface area contributed by atoms with Crippen LogP contribution in [0.1, 0.15) is 43.0 Å². The van der Waals surface area contributed by atoms with Gasteiger partial charge < -0.3 is 14.9 Å². The lowest BCUT2D eigenvalue weighted by Crippen LogP contribution is -2.45. The molecule has 0 saturated carbocycles. The zero-order chi connectivity index (χ0) is 16.4. The first kappa shape index (κ1) is 16.2. The molecule has 1 aromatic carbocycles. The summed E-state index contributed by atoms with van der Waals surface area (Å²) in [7, 11) is 0. The first-order valence-electron chi connectivity index (χ1n) is 8.56. The van der Waals surface area contributed by atoms with Gasteiger partial charge in [-0.3, -0.25) is 4.79 Å². The molecule has 0 aliphatic carbocycles. The summed E-state index contributed by atoms with van der Waals surface area (Å²) in [6.07, 6.45) is 3.80. The number of aliphatic hydroxyl groups is 1. The Kier molecular flexibility index (Phi) is 4.85. The van der Waals surface area contributed by atoms with Gasteiger partial charge in [0.05, 0.1) is 5.69 Å². The lowest BCUT2D eigenvalue weighted by atomic mass is 9.92. The average molecular weight is 320 g/mol. The van der Waals surface area contributed by atoms with Crippen molar-refractivity contribution in [3.05, 3.63) is 29.6 Å². The van der Waals surface area contributed by atoms with E-state index in [2.05, 4.69) is 0 Å². The number of hydrogen-bond acceptors (Lipinski definition) is 3. The van der Waals surface area contributed by atoms with Crippen LogP contribution in [-0.2, 0) is 0 Å². The summed E-state index contributed by atoms with van der Waals surface area (Å²) in [5.74, 6) is -0.153. The van der Waals surface area contributed by atoms with E-state index in [1.807, 2.05) is 11.8 Å². The van der Waals surface area contributed by atoms with E-state index in [0.717, 1.165) is 38.8 Å². The van der Waals surface area contributed by atoms with Crippen molar-refractivity contribution in [1.82, 2.24) is 4.90 Å². The minimum Gasteiger partial charge on any atom is -0.396 e. The van der Waals surface area contributed by atoms with E-state index in [9.17, 15) is 14.3 Å². The molecule has 23 heavy (non-hydrogen) atoms. The molecule has 2 fully saturated rings. The van der Waals surface area contributed by atoms with Gasteiger partial charge in [-0.15, -0.1) is 0 Å². The first-order chi connectivity index (χ1) is 11.1. The lowest BCUT2D eigenvalue weighted by Gasteiger charge is -2.37. The molecule has 4 nitrogen and oxygen atoms in total. The summed E-state index contributed by atoms with van der Waals surface area (Å²) in [4.78, 5) is 16.5. The van der Waals surface area contributed by atoms with E-state index < -0.39 is 0 Å². The van der Waals surface area contributed by atoms with Gasteiger partial charge >= 0.3 is 0 Å². The molecule has 2 aliphatic rings. The molecule has 5 heteroatoms. The highest BCUT2D eigenvalue weighted by molar-refractivity contribution is 5.95. The maximum atomic E-state index is 14.4. The Morgan fingerprint density at radius 3 is 2.65 bits per heavy atom. The number of hydrogen-bond donors (Lipinski definition) is 1. The number of aliphatic hydroxyl groups excluding tert-OH is 1. The number of halogens is 1. The number of likely N-dealkylation sites (tertiary alicyclic amines) is 1. The zero-order valence-electron chi connectivity index (χ0n) is 13.7. The molecular formula is C18H25FN2O2. The number of rotatable bonds is 3. The van der Waals surface area contributed by atoms with Crippen molar-refractivity contribution in [2.24, 2.45) is 5.92 Å². The number of piperidine rings is 1. The molecule has 0 bridgehead atoms. The molecule has 126 valence electrons. The van der Waals surface area contributed by atoms with Gasteiger partial charge in [0.25, 0.3) is 5.91 Å². The van der Waals surface area contributed by atoms with Crippen molar-refractivity contribution in [2.45, 2.75) is 38.6 Å². The summed E-state index contributed by atoms with van der Waals surface area (Å²) in [5.41, 5.74) is 1.02. The topological polar surface area (TPSA) is 43.8 Å². The summed E-state index contributed by atoms with van der Waals surface area (Å²) in [5, 5.41) is 9.26. The Hall–Kier alpha value is -1.62. The molecular weight excluding hydrogens is 295 g/mol. The van der Waals surface area contributed by atoms with Crippen molar-refractivity contribution in [3.8, 4) is 0 Å². The standard InChI is InChI=1S/C18H25FN2O2/c1-13-10-14(12-22)6-9-21(13)18(23)15-4-5-17(16(19)11-15)20-7-2-3-8-20/h4-5,11,13-14,22H,2-3,6-10,12H2,1H3/t13-,14-/m0/s1. The lowest BCUT2D eigenvalue weighted by molar-refractivity contribution is 0.0515. The third kappa shape index (κ3) is 3.34. The molecule has 2 aliphatic heterocycles. The second-order valence-corrected chi connectivity index (χ2v) is 6.78. The van der Waals surface area contributed by atoms with Crippen molar-refractivity contribution >= 4 is 11.6 Å². The minimum absolute atomic E-state index is 0.0784. The van der Waals surface area contributed by atoms with Crippen LogP contribution in [0.3, 0.4) is 0 Å². The molecule has 2 atom stereocenters. The maximum Gasteiger partial charge on any atom is 0.254 e. The fourth-order valence-electron chi connectivity index (χ4n) is 3.76. The number of carbonyl (C=O) groups excluding carboxylic acids is 1. The fraction of sp³-hybridized carbons (Fsp3) is 0.611. The number of anilines is 1. The summed E-state index contributed by atoms with van der Waals surface area (Å²) in [6.45, 7) is 4.56. The van der Waals surface area contributed by atoms with Gasteiger partial charge in [0.2, 0.25) is 0 Å². The summed E-state index contributed by atoms with van der Waals surface area (Å²) in [6, 6.07) is 4.93. The van der Waals surface area contributed by atoms with Gasteiger partial charge in [-0.25, -0.2) is 4.39 Å². The Morgan fingerprint density at radius 1 is 1.30 bits per heavy atom. The van der Waals surface area contributed by atoms with Gasteiger partial charge in [-0.05, 0) is 56.7 Å². The SMILES string of the molecule is C[C@H]1C[C@@H](CO)CCN1C(=O)c1ccc(N2CCCC2)c(F)c1. The highest BCUT2D eigenvalue weighted by atomic mass is 19.1. The predicted molar refractivity (Wildman–Crippen MR) is 88.2 cm³/mol. The predicted octanol–water partition coefficient (Wildman–Crippen LogP) is 2.66. The van der Waals surface area contributed by atoms with Crippen molar-refractivity contribution in [2.75, 3.05) is 31.1 Å². The number of nitrogens with zero attached hydrogens (tertiary/aromatic N) is 2. The quantitative estimate of drug-likeness (QED) is 0.931. The van der Waals surface area contributed by atoms with Crippen LogP contribution < -0.4 is 4.90 Å². The molecule has 2 saturated heterocycles. The van der Waals surface area contributed by atoms with Crippen LogP contribution in [0.25, 0.3) is 0 Å². The molecule has 3 rings (SSSR count). The number of carbonyl (C=O) groups is 1. The molecule has 1 amide bonds. The van der Waals surface area contributed by atoms with Crippen molar-refractivity contribution in [3.63, 3.8) is 0 Å². The molecule has 1 N–H and O–H groups in total. The summed E-state index contributed by atoms with van der Waals surface area (Å²) >= 11 is 0. The van der Waals surface area contributed by atoms with Crippen molar-refractivity contribution in [1.29, 1.82) is 0 Å². The third-order valence-electron chi connectivity index (χ3n) is 5.15. The van der Waals surface area contributed by atoms with Gasteiger partial charge in [0, 0.05) is 37.8 Å². The smallest absolute Gasteiger partial charge is 0.254 e. The average Bonchev–Trinajstić information content (AvgIpc) is 3.08. The highest BCUT2D eigenvalue weighted by Crippen LogP contribution is 2.27. The monoisotopic (exact) mass is 320 g/mol. The van der Waals surface area contributed by atoms with E-state index >= 15 is 0 Å². The number of benzene rings is 1. The Morgan fingerprint density at radius 2 is 2.04 bits per heavy atom. The van der Waals surface area contributed by atoms with Crippen LogP contribution in [0.15, 0.2) is 18.2 Å². The van der Waals surface area contributed by atoms with E-state index in [-0.39, 0.29) is 30.3 Å². The van der Waals surface area contributed by atoms with Crippen LogP contribution in [0.2, 0.25) is 0 Å². The third-order valence-corrected chi connectivity index (χ3v) is 5.15. The van der Waals surface area contributed by atoms with Crippen LogP contribution >= 0.6 is 0 Å². The van der Waals surface area contributed by atoms with E-state index in [0.29, 0.717) is 17.8 Å². The van der Waals surface area contributed by atoms with Gasteiger partial charge in [-0.2, -0.15) is 0 Å². The second kappa shape index (κ2) is 6.87. The molecule has 0 unspecified atom stereocenters. The van der Waals surface area contributed by atoms with Crippen LogP contribution in [0.4, 0.5) is 10.1 Å². The zero-order valence-corrected chi connectivity index (χ0v) is 13.7. The van der Waals surface area contributed by atoms with E-state index in [1.165, 1.54) is 6.07 Å². The first-order valence-corrected chi connectivity index (χ1v) is 8.56. The second-order valence-electron chi connectivity index (χ2n) is 6.78. The van der Waals surface area contributed by atoms with E-state index in [4.69, 9.17) is 0 Å². The van der Waals surface area contributed by atoms with Crippen molar-refractivity contribution < 1.29 is 14.3 Å². The Bertz CT molecular complexity index is 572. The normalized spacial score (nSPS) is 25.0. The summed E-state index contributed by atoms with van der Waals surface area (Å²) < 4.78 is 14.4. The number of amides is 1. The Labute approximate surface area is 136 Å². The van der Waals surface area contributed by atoms with Gasteiger partial charge in [0.1, 0.15) is 5.82 Å². The molecule has 0 spiro atoms. The molecule has 0 radical (unpaired) electrons. The molecule has 1 aromatic rings. The van der Waals surface area contributed by atoms with Crippen LogP contribution in [0, 0.1) is 11.7 Å².